The molecule has 5 heteroatoms. The summed E-state index contributed by atoms with van der Waals surface area (Å²) in [4.78, 5) is 9.70. The lowest BCUT2D eigenvalue weighted by Gasteiger charge is -2.06. The van der Waals surface area contributed by atoms with Crippen molar-refractivity contribution < 1.29 is 4.84 Å². The standard InChI is InChI=1S/C21H18N4O/c22-19(16-10-4-1-5-11-16)24-21(18-14-8-3-9-15-18)25-26-20(23)17-12-6-2-7-13-17/h1-15,23H,(H2,22,24,25). The summed E-state index contributed by atoms with van der Waals surface area (Å²) in [6, 6.07) is 27.9. The number of hydrogen-bond acceptors (Lipinski definition) is 3. The van der Waals surface area contributed by atoms with Crippen LogP contribution in [-0.2, 0) is 4.84 Å². The van der Waals surface area contributed by atoms with E-state index in [4.69, 9.17) is 16.0 Å². The van der Waals surface area contributed by atoms with E-state index in [1.165, 1.54) is 0 Å². The minimum Gasteiger partial charge on any atom is -0.383 e. The van der Waals surface area contributed by atoms with Gasteiger partial charge in [-0.15, -0.1) is 0 Å². The lowest BCUT2D eigenvalue weighted by atomic mass is 10.2. The smallest absolute Gasteiger partial charge is 0.248 e. The third-order valence-corrected chi connectivity index (χ3v) is 3.59. The van der Waals surface area contributed by atoms with Crippen molar-refractivity contribution in [2.45, 2.75) is 0 Å². The fourth-order valence-corrected chi connectivity index (χ4v) is 2.24. The van der Waals surface area contributed by atoms with Crippen molar-refractivity contribution in [3.63, 3.8) is 0 Å². The van der Waals surface area contributed by atoms with Crippen LogP contribution in [0.2, 0.25) is 0 Å². The molecule has 0 unspecified atom stereocenters. The molecule has 0 aromatic heterocycles. The lowest BCUT2D eigenvalue weighted by molar-refractivity contribution is 0.326. The highest BCUT2D eigenvalue weighted by atomic mass is 16.6. The maximum atomic E-state index is 8.02. The topological polar surface area (TPSA) is 83.8 Å². The van der Waals surface area contributed by atoms with Crippen LogP contribution < -0.4 is 5.73 Å². The highest BCUT2D eigenvalue weighted by molar-refractivity contribution is 6.11. The van der Waals surface area contributed by atoms with Crippen LogP contribution in [0.1, 0.15) is 16.7 Å². The first kappa shape index (κ1) is 17.1. The molecule has 0 saturated heterocycles. The van der Waals surface area contributed by atoms with E-state index < -0.39 is 0 Å². The zero-order valence-electron chi connectivity index (χ0n) is 14.0. The van der Waals surface area contributed by atoms with Gasteiger partial charge < -0.3 is 10.6 Å². The summed E-state index contributed by atoms with van der Waals surface area (Å²) in [5.74, 6) is 0.559. The van der Waals surface area contributed by atoms with Crippen molar-refractivity contribution in [3.8, 4) is 0 Å². The molecule has 0 saturated carbocycles. The highest BCUT2D eigenvalue weighted by Gasteiger charge is 2.08. The van der Waals surface area contributed by atoms with Gasteiger partial charge in [0.05, 0.1) is 0 Å². The molecule has 0 atom stereocenters. The largest absolute Gasteiger partial charge is 0.383 e. The molecule has 26 heavy (non-hydrogen) atoms. The summed E-state index contributed by atoms with van der Waals surface area (Å²) in [6.45, 7) is 0. The molecule has 0 bridgehead atoms. The number of aliphatic imine (C=N–C) groups is 1. The number of hydrogen-bond donors (Lipinski definition) is 2. The van der Waals surface area contributed by atoms with Crippen molar-refractivity contribution in [1.82, 2.24) is 0 Å². The van der Waals surface area contributed by atoms with E-state index in [0.29, 0.717) is 17.2 Å². The average molecular weight is 342 g/mol. The van der Waals surface area contributed by atoms with Crippen molar-refractivity contribution in [2.24, 2.45) is 15.9 Å². The predicted octanol–water partition coefficient (Wildman–Crippen LogP) is 3.80. The molecule has 0 aliphatic rings. The monoisotopic (exact) mass is 342 g/mol. The summed E-state index contributed by atoms with van der Waals surface area (Å²) < 4.78 is 0. The number of benzene rings is 3. The summed E-state index contributed by atoms with van der Waals surface area (Å²) in [5.41, 5.74) is 8.27. The number of nitrogens with one attached hydrogen (secondary N) is 1. The zero-order chi connectivity index (χ0) is 18.2. The van der Waals surface area contributed by atoms with Gasteiger partial charge in [0.25, 0.3) is 0 Å². The van der Waals surface area contributed by atoms with E-state index in [9.17, 15) is 0 Å². The molecule has 128 valence electrons. The van der Waals surface area contributed by atoms with Crippen LogP contribution in [-0.4, -0.2) is 17.6 Å². The fourth-order valence-electron chi connectivity index (χ4n) is 2.24. The van der Waals surface area contributed by atoms with Gasteiger partial charge in [0.15, 0.2) is 0 Å². The second kappa shape index (κ2) is 8.39. The highest BCUT2D eigenvalue weighted by Crippen LogP contribution is 2.07. The molecule has 3 aromatic rings. The van der Waals surface area contributed by atoms with Gasteiger partial charge in [-0.3, -0.25) is 5.41 Å². The molecule has 3 N–H and O–H groups in total. The van der Waals surface area contributed by atoms with Crippen molar-refractivity contribution in [3.05, 3.63) is 108 Å². The number of nitrogens with zero attached hydrogens (tertiary/aromatic N) is 2. The quantitative estimate of drug-likeness (QED) is 0.429. The maximum absolute atomic E-state index is 8.02. The number of rotatable bonds is 4. The van der Waals surface area contributed by atoms with E-state index in [1.54, 1.807) is 12.1 Å². The zero-order valence-corrected chi connectivity index (χ0v) is 14.0. The third-order valence-electron chi connectivity index (χ3n) is 3.59. The Bertz CT molecular complexity index is 920. The average Bonchev–Trinajstić information content (AvgIpc) is 2.72. The second-order valence-electron chi connectivity index (χ2n) is 5.43. The molecule has 0 aliphatic heterocycles. The molecule has 0 radical (unpaired) electrons. The molecule has 3 aromatic carbocycles. The summed E-state index contributed by atoms with van der Waals surface area (Å²) in [7, 11) is 0. The van der Waals surface area contributed by atoms with Gasteiger partial charge in [-0.05, 0) is 12.1 Å². The Morgan fingerprint density at radius 3 is 1.69 bits per heavy atom. The van der Waals surface area contributed by atoms with Crippen LogP contribution in [0.3, 0.4) is 0 Å². The minimum absolute atomic E-state index is 0.0625. The van der Waals surface area contributed by atoms with Gasteiger partial charge in [0, 0.05) is 16.7 Å². The Kier molecular flexibility index (Phi) is 5.52. The Morgan fingerprint density at radius 1 is 0.692 bits per heavy atom. The van der Waals surface area contributed by atoms with Crippen molar-refractivity contribution in [1.29, 1.82) is 5.41 Å². The molecule has 3 rings (SSSR count). The maximum Gasteiger partial charge on any atom is 0.248 e. The predicted molar refractivity (Wildman–Crippen MR) is 105 cm³/mol. The van der Waals surface area contributed by atoms with Crippen LogP contribution in [0.15, 0.2) is 101 Å². The Balaban J connectivity index is 1.90. The molecule has 0 spiro atoms. The fraction of sp³-hybridized carbons (Fsp3) is 0. The van der Waals surface area contributed by atoms with Crippen LogP contribution in [0, 0.1) is 5.41 Å². The van der Waals surface area contributed by atoms with Crippen LogP contribution in [0.4, 0.5) is 0 Å². The number of nitrogens with two attached hydrogens (primary N) is 1. The van der Waals surface area contributed by atoms with Crippen molar-refractivity contribution >= 4 is 17.6 Å². The summed E-state index contributed by atoms with van der Waals surface area (Å²) in [6.07, 6.45) is 0. The van der Waals surface area contributed by atoms with E-state index in [2.05, 4.69) is 10.1 Å². The van der Waals surface area contributed by atoms with E-state index in [0.717, 1.165) is 11.1 Å². The van der Waals surface area contributed by atoms with Gasteiger partial charge in [-0.25, -0.2) is 4.99 Å². The third kappa shape index (κ3) is 4.42. The van der Waals surface area contributed by atoms with Gasteiger partial charge in [0.1, 0.15) is 5.84 Å². The van der Waals surface area contributed by atoms with Crippen LogP contribution in [0.25, 0.3) is 0 Å². The van der Waals surface area contributed by atoms with E-state index >= 15 is 0 Å². The molecule has 0 aliphatic carbocycles. The number of oxime groups is 1. The second-order valence-corrected chi connectivity index (χ2v) is 5.43. The normalized spacial score (nSPS) is 11.8. The number of amidine groups is 2. The Morgan fingerprint density at radius 2 is 1.15 bits per heavy atom. The van der Waals surface area contributed by atoms with Gasteiger partial charge in [-0.2, -0.15) is 0 Å². The summed E-state index contributed by atoms with van der Waals surface area (Å²) >= 11 is 0. The summed E-state index contributed by atoms with van der Waals surface area (Å²) in [5, 5.41) is 12.1. The van der Waals surface area contributed by atoms with Gasteiger partial charge in [-0.1, -0.05) is 84.0 Å². The molecule has 5 nitrogen and oxygen atoms in total. The molecule has 0 amide bonds. The van der Waals surface area contributed by atoms with Crippen molar-refractivity contribution in [2.75, 3.05) is 0 Å². The Hall–Kier alpha value is -3.73. The first-order valence-electron chi connectivity index (χ1n) is 8.08. The molecular weight excluding hydrogens is 324 g/mol. The first-order chi connectivity index (χ1) is 12.7. The van der Waals surface area contributed by atoms with Crippen LogP contribution >= 0.6 is 0 Å². The van der Waals surface area contributed by atoms with Gasteiger partial charge in [0.2, 0.25) is 11.7 Å². The van der Waals surface area contributed by atoms with E-state index in [-0.39, 0.29) is 5.90 Å². The first-order valence-corrected chi connectivity index (χ1v) is 8.08. The van der Waals surface area contributed by atoms with Crippen LogP contribution in [0.5, 0.6) is 0 Å². The van der Waals surface area contributed by atoms with E-state index in [1.807, 2.05) is 78.9 Å². The molecule has 0 fully saturated rings. The van der Waals surface area contributed by atoms with Gasteiger partial charge >= 0.3 is 0 Å². The SMILES string of the molecule is N=C(O/N=C(/N=C(N)c1ccccc1)c1ccccc1)c1ccccc1. The minimum atomic E-state index is -0.0625. The molecular formula is C21H18N4O. The Labute approximate surface area is 152 Å². The molecule has 0 heterocycles. The lowest BCUT2D eigenvalue weighted by Crippen LogP contribution is -2.16.